The molecule has 4 aliphatic carbocycles. The molecular weight excluding hydrogens is 342 g/mol. The van der Waals surface area contributed by atoms with Crippen molar-refractivity contribution in [3.05, 3.63) is 71.8 Å². The Bertz CT molecular complexity index is 829. The Morgan fingerprint density at radius 2 is 1.57 bits per heavy atom. The van der Waals surface area contributed by atoms with E-state index < -0.39 is 0 Å². The third kappa shape index (κ3) is 3.17. The van der Waals surface area contributed by atoms with Crippen LogP contribution in [-0.4, -0.2) is 5.91 Å². The lowest BCUT2D eigenvalue weighted by molar-refractivity contribution is -0.131. The molecule has 3 atom stereocenters. The maximum atomic E-state index is 13.0. The second kappa shape index (κ2) is 6.76. The first kappa shape index (κ1) is 18.0. The molecule has 146 valence electrons. The quantitative estimate of drug-likeness (QED) is 0.706. The van der Waals surface area contributed by atoms with Crippen molar-refractivity contribution >= 4 is 5.91 Å². The molecule has 4 bridgehead atoms. The highest BCUT2D eigenvalue weighted by molar-refractivity contribution is 5.77. The molecule has 1 N–H and O–H groups in total. The van der Waals surface area contributed by atoms with Gasteiger partial charge in [-0.2, -0.15) is 0 Å². The lowest BCUT2D eigenvalue weighted by Crippen LogP contribution is -2.55. The summed E-state index contributed by atoms with van der Waals surface area (Å²) in [6, 6.07) is 21.5. The third-order valence-corrected chi connectivity index (χ3v) is 7.78. The predicted octanol–water partition coefficient (Wildman–Crippen LogP) is 5.79. The summed E-state index contributed by atoms with van der Waals surface area (Å²) in [6.45, 7) is 2.10. The second-order valence-corrected chi connectivity index (χ2v) is 9.98. The number of nitrogens with one attached hydrogen (secondary N) is 1. The molecule has 0 saturated heterocycles. The Kier molecular flexibility index (Phi) is 4.34. The first-order valence-electron chi connectivity index (χ1n) is 11.0. The van der Waals surface area contributed by atoms with Gasteiger partial charge in [0.2, 0.25) is 5.91 Å². The molecule has 4 saturated carbocycles. The van der Waals surface area contributed by atoms with E-state index >= 15 is 0 Å². The van der Waals surface area contributed by atoms with E-state index in [0.29, 0.717) is 11.8 Å². The summed E-state index contributed by atoms with van der Waals surface area (Å²) in [5.74, 6) is 1.85. The highest BCUT2D eigenvalue weighted by Crippen LogP contribution is 2.66. The van der Waals surface area contributed by atoms with Gasteiger partial charge in [-0.1, -0.05) is 60.7 Å². The van der Waals surface area contributed by atoms with Crippen molar-refractivity contribution < 1.29 is 4.79 Å². The highest BCUT2D eigenvalue weighted by Gasteiger charge is 2.58. The summed E-state index contributed by atoms with van der Waals surface area (Å²) in [5, 5.41) is 3.28. The van der Waals surface area contributed by atoms with Crippen LogP contribution < -0.4 is 5.32 Å². The summed E-state index contributed by atoms with van der Waals surface area (Å²) in [6.07, 6.45) is 8.46. The lowest BCUT2D eigenvalue weighted by Gasteiger charge is -2.62. The fraction of sp³-hybridized carbons (Fsp3) is 0.500. The van der Waals surface area contributed by atoms with E-state index in [0.717, 1.165) is 11.8 Å². The van der Waals surface area contributed by atoms with Gasteiger partial charge >= 0.3 is 0 Å². The fourth-order valence-corrected chi connectivity index (χ4v) is 7.25. The van der Waals surface area contributed by atoms with Crippen LogP contribution in [0.5, 0.6) is 0 Å². The van der Waals surface area contributed by atoms with Crippen LogP contribution in [0.2, 0.25) is 0 Å². The Morgan fingerprint density at radius 3 is 2.21 bits per heavy atom. The van der Waals surface area contributed by atoms with E-state index in [1.54, 1.807) is 0 Å². The predicted molar refractivity (Wildman–Crippen MR) is 113 cm³/mol. The standard InChI is InChI=1S/C26H31NO/c1-19(22-8-4-2-5-9-22)27-24(28)17-25-13-20-12-21(14-25)16-26(15-20,18-25)23-10-6-3-7-11-23/h2-11,19-21H,12-18H2,1H3,(H,27,28)/t19-,20-,21-,25?,26?/m0/s1. The zero-order chi connectivity index (χ0) is 19.2. The second-order valence-electron chi connectivity index (χ2n) is 9.98. The van der Waals surface area contributed by atoms with E-state index in [1.807, 2.05) is 18.2 Å². The summed E-state index contributed by atoms with van der Waals surface area (Å²) in [4.78, 5) is 13.0. The van der Waals surface area contributed by atoms with E-state index in [9.17, 15) is 4.79 Å². The van der Waals surface area contributed by atoms with Crippen LogP contribution in [0.15, 0.2) is 60.7 Å². The zero-order valence-electron chi connectivity index (χ0n) is 16.9. The van der Waals surface area contributed by atoms with Crippen molar-refractivity contribution in [2.45, 2.75) is 63.3 Å². The van der Waals surface area contributed by atoms with Gasteiger partial charge in [0.05, 0.1) is 6.04 Å². The Morgan fingerprint density at radius 1 is 0.964 bits per heavy atom. The van der Waals surface area contributed by atoms with Crippen molar-refractivity contribution in [1.82, 2.24) is 5.32 Å². The Labute approximate surface area is 168 Å². The average molecular weight is 374 g/mol. The molecule has 0 aliphatic heterocycles. The van der Waals surface area contributed by atoms with Crippen molar-refractivity contribution in [1.29, 1.82) is 0 Å². The van der Waals surface area contributed by atoms with Crippen LogP contribution >= 0.6 is 0 Å². The number of rotatable bonds is 5. The van der Waals surface area contributed by atoms with Crippen molar-refractivity contribution in [3.63, 3.8) is 0 Å². The molecule has 2 aromatic carbocycles. The molecule has 1 amide bonds. The Hall–Kier alpha value is -2.09. The summed E-state index contributed by atoms with van der Waals surface area (Å²) < 4.78 is 0. The number of benzene rings is 2. The number of hydrogen-bond donors (Lipinski definition) is 1. The molecule has 0 spiro atoms. The molecule has 2 heteroatoms. The fourth-order valence-electron chi connectivity index (χ4n) is 7.25. The van der Waals surface area contributed by atoms with Gasteiger partial charge in [0.1, 0.15) is 0 Å². The molecular formula is C26H31NO. The van der Waals surface area contributed by atoms with Crippen molar-refractivity contribution in [3.8, 4) is 0 Å². The molecule has 2 nitrogen and oxygen atoms in total. The van der Waals surface area contributed by atoms with Crippen LogP contribution in [0.1, 0.15) is 69.0 Å². The topological polar surface area (TPSA) is 29.1 Å². The Balaban J connectivity index is 1.34. The molecule has 0 aromatic heterocycles. The maximum absolute atomic E-state index is 13.0. The molecule has 4 aliphatic rings. The van der Waals surface area contributed by atoms with E-state index in [4.69, 9.17) is 0 Å². The van der Waals surface area contributed by atoms with Gasteiger partial charge < -0.3 is 5.32 Å². The molecule has 6 rings (SSSR count). The third-order valence-electron chi connectivity index (χ3n) is 7.78. The van der Waals surface area contributed by atoms with Gasteiger partial charge in [-0.3, -0.25) is 4.79 Å². The first-order valence-corrected chi connectivity index (χ1v) is 11.0. The molecule has 0 unspecified atom stereocenters. The van der Waals surface area contributed by atoms with Crippen LogP contribution in [0, 0.1) is 17.3 Å². The maximum Gasteiger partial charge on any atom is 0.221 e. The van der Waals surface area contributed by atoms with E-state index in [1.165, 1.54) is 49.7 Å². The minimum Gasteiger partial charge on any atom is -0.350 e. The minimum atomic E-state index is 0.0747. The number of amides is 1. The average Bonchev–Trinajstić information content (AvgIpc) is 2.68. The number of hydrogen-bond acceptors (Lipinski definition) is 1. The van der Waals surface area contributed by atoms with Crippen LogP contribution in [0.25, 0.3) is 0 Å². The monoisotopic (exact) mass is 373 g/mol. The van der Waals surface area contributed by atoms with Gasteiger partial charge in [-0.25, -0.2) is 0 Å². The summed E-state index contributed by atoms with van der Waals surface area (Å²) in [5.41, 5.74) is 3.23. The van der Waals surface area contributed by atoms with Gasteiger partial charge in [0.25, 0.3) is 0 Å². The molecule has 0 heterocycles. The number of carbonyl (C=O) groups is 1. The highest BCUT2D eigenvalue weighted by atomic mass is 16.1. The normalized spacial score (nSPS) is 34.2. The lowest BCUT2D eigenvalue weighted by atomic mass is 9.42. The largest absolute Gasteiger partial charge is 0.350 e. The van der Waals surface area contributed by atoms with Gasteiger partial charge in [-0.15, -0.1) is 0 Å². The molecule has 28 heavy (non-hydrogen) atoms. The van der Waals surface area contributed by atoms with Gasteiger partial charge in [0.15, 0.2) is 0 Å². The smallest absolute Gasteiger partial charge is 0.221 e. The summed E-state index contributed by atoms with van der Waals surface area (Å²) in [7, 11) is 0. The molecule has 4 fully saturated rings. The van der Waals surface area contributed by atoms with E-state index in [2.05, 4.69) is 54.7 Å². The summed E-state index contributed by atoms with van der Waals surface area (Å²) >= 11 is 0. The molecule has 0 radical (unpaired) electrons. The van der Waals surface area contributed by atoms with Crippen molar-refractivity contribution in [2.75, 3.05) is 0 Å². The van der Waals surface area contributed by atoms with Gasteiger partial charge in [-0.05, 0) is 79.2 Å². The van der Waals surface area contributed by atoms with Gasteiger partial charge in [0, 0.05) is 6.42 Å². The van der Waals surface area contributed by atoms with Crippen LogP contribution in [-0.2, 0) is 10.2 Å². The first-order chi connectivity index (χ1) is 13.6. The zero-order valence-corrected chi connectivity index (χ0v) is 16.9. The van der Waals surface area contributed by atoms with Crippen LogP contribution in [0.3, 0.4) is 0 Å². The van der Waals surface area contributed by atoms with Crippen LogP contribution in [0.4, 0.5) is 0 Å². The SMILES string of the molecule is C[C@H](NC(=O)CC12C[C@@H]3C[C@@H](C1)CC(c1ccccc1)(C3)C2)c1ccccc1. The van der Waals surface area contributed by atoms with E-state index in [-0.39, 0.29) is 17.4 Å². The molecule has 2 aromatic rings. The number of carbonyl (C=O) groups excluding carboxylic acids is 1. The van der Waals surface area contributed by atoms with Crippen molar-refractivity contribution in [2.24, 2.45) is 17.3 Å². The minimum absolute atomic E-state index is 0.0747.